The van der Waals surface area contributed by atoms with Crippen LogP contribution in [0.15, 0.2) is 0 Å². The van der Waals surface area contributed by atoms with Gasteiger partial charge in [-0.3, -0.25) is 4.79 Å². The molecular formula is C21H42O2. The maximum Gasteiger partial charge on any atom is 0.305 e. The third-order valence-electron chi connectivity index (χ3n) is 4.90. The fourth-order valence-electron chi connectivity index (χ4n) is 3.27. The zero-order valence-corrected chi connectivity index (χ0v) is 16.4. The molecule has 2 unspecified atom stereocenters. The van der Waals surface area contributed by atoms with E-state index in [4.69, 9.17) is 4.74 Å². The average Bonchev–Trinajstić information content (AvgIpc) is 2.54. The van der Waals surface area contributed by atoms with Crippen LogP contribution in [0.5, 0.6) is 0 Å². The molecule has 0 fully saturated rings. The van der Waals surface area contributed by atoms with Crippen LogP contribution in [0.2, 0.25) is 0 Å². The van der Waals surface area contributed by atoms with Crippen LogP contribution in [0.4, 0.5) is 0 Å². The molecule has 0 amide bonds. The second-order valence-electron chi connectivity index (χ2n) is 7.22. The van der Waals surface area contributed by atoms with E-state index in [0.29, 0.717) is 24.9 Å². The number of hydrogen-bond donors (Lipinski definition) is 0. The van der Waals surface area contributed by atoms with Gasteiger partial charge in [-0.15, -0.1) is 0 Å². The van der Waals surface area contributed by atoms with Crippen molar-refractivity contribution < 1.29 is 9.53 Å². The summed E-state index contributed by atoms with van der Waals surface area (Å²) >= 11 is 0. The number of ether oxygens (including phenoxy) is 1. The molecule has 0 aromatic rings. The minimum Gasteiger partial charge on any atom is -0.465 e. The van der Waals surface area contributed by atoms with E-state index in [2.05, 4.69) is 27.7 Å². The molecule has 0 bridgehead atoms. The maximum atomic E-state index is 11.9. The Bertz CT molecular complexity index is 263. The normalized spacial score (nSPS) is 13.7. The minimum atomic E-state index is 0.0146. The summed E-state index contributed by atoms with van der Waals surface area (Å²) in [6.07, 6.45) is 15.6. The molecule has 0 aliphatic rings. The van der Waals surface area contributed by atoms with Gasteiger partial charge in [0.15, 0.2) is 0 Å². The molecule has 23 heavy (non-hydrogen) atoms. The number of carbonyl (C=O) groups is 1. The third-order valence-corrected chi connectivity index (χ3v) is 4.90. The van der Waals surface area contributed by atoms with Gasteiger partial charge in [0.2, 0.25) is 0 Å². The molecule has 138 valence electrons. The van der Waals surface area contributed by atoms with E-state index >= 15 is 0 Å². The van der Waals surface area contributed by atoms with Crippen LogP contribution in [0.25, 0.3) is 0 Å². The summed E-state index contributed by atoms with van der Waals surface area (Å²) in [6, 6.07) is 0. The van der Waals surface area contributed by atoms with Crippen LogP contribution in [0, 0.1) is 11.8 Å². The average molecular weight is 327 g/mol. The maximum absolute atomic E-state index is 11.9. The Morgan fingerprint density at radius 1 is 0.783 bits per heavy atom. The number of hydrogen-bond acceptors (Lipinski definition) is 2. The fraction of sp³-hybridized carbons (Fsp3) is 0.952. The quantitative estimate of drug-likeness (QED) is 0.227. The van der Waals surface area contributed by atoms with Crippen LogP contribution >= 0.6 is 0 Å². The van der Waals surface area contributed by atoms with E-state index in [1.165, 1.54) is 70.6 Å². The molecule has 0 rings (SSSR count). The Kier molecular flexibility index (Phi) is 16.0. The second-order valence-corrected chi connectivity index (χ2v) is 7.22. The Morgan fingerprint density at radius 2 is 1.35 bits per heavy atom. The summed E-state index contributed by atoms with van der Waals surface area (Å²) in [5, 5.41) is 0. The molecule has 0 aliphatic carbocycles. The van der Waals surface area contributed by atoms with Crippen molar-refractivity contribution >= 4 is 5.97 Å². The van der Waals surface area contributed by atoms with Crippen molar-refractivity contribution in [2.75, 3.05) is 6.61 Å². The second kappa shape index (κ2) is 16.3. The third kappa shape index (κ3) is 13.6. The lowest BCUT2D eigenvalue weighted by molar-refractivity contribution is -0.145. The van der Waals surface area contributed by atoms with Gasteiger partial charge in [-0.05, 0) is 24.7 Å². The Labute approximate surface area is 145 Å². The molecule has 0 aliphatic heterocycles. The highest BCUT2D eigenvalue weighted by Gasteiger charge is 2.17. The molecule has 0 heterocycles. The Morgan fingerprint density at radius 3 is 1.91 bits per heavy atom. The first-order chi connectivity index (χ1) is 11.2. The van der Waals surface area contributed by atoms with Gasteiger partial charge in [0.1, 0.15) is 0 Å². The summed E-state index contributed by atoms with van der Waals surface area (Å²) in [7, 11) is 0. The Hall–Kier alpha value is -0.530. The van der Waals surface area contributed by atoms with Gasteiger partial charge in [-0.2, -0.15) is 0 Å². The van der Waals surface area contributed by atoms with Gasteiger partial charge >= 0.3 is 5.97 Å². The van der Waals surface area contributed by atoms with Crippen molar-refractivity contribution in [2.24, 2.45) is 11.8 Å². The molecule has 2 nitrogen and oxygen atoms in total. The van der Waals surface area contributed by atoms with Crippen LogP contribution in [0.3, 0.4) is 0 Å². The standard InChI is InChI=1S/C21H42O2/c1-5-8-9-10-11-12-13-14-17-21(22)23-18-20(16-7-3)19(4)15-6-2/h19-20H,5-18H2,1-4H3. The smallest absolute Gasteiger partial charge is 0.305 e. The van der Waals surface area contributed by atoms with E-state index in [0.717, 1.165) is 6.42 Å². The van der Waals surface area contributed by atoms with E-state index in [9.17, 15) is 4.79 Å². The number of rotatable bonds is 16. The predicted octanol–water partition coefficient (Wildman–Crippen LogP) is 6.91. The number of carbonyl (C=O) groups excluding carboxylic acids is 1. The van der Waals surface area contributed by atoms with Crippen molar-refractivity contribution in [1.82, 2.24) is 0 Å². The van der Waals surface area contributed by atoms with E-state index in [1.54, 1.807) is 0 Å². The van der Waals surface area contributed by atoms with Gasteiger partial charge in [0.05, 0.1) is 6.61 Å². The monoisotopic (exact) mass is 326 g/mol. The highest BCUT2D eigenvalue weighted by Crippen LogP contribution is 2.22. The molecule has 0 saturated carbocycles. The molecule has 0 N–H and O–H groups in total. The minimum absolute atomic E-state index is 0.0146. The van der Waals surface area contributed by atoms with E-state index < -0.39 is 0 Å². The zero-order valence-electron chi connectivity index (χ0n) is 16.4. The summed E-state index contributed by atoms with van der Waals surface area (Å²) in [5.74, 6) is 1.22. The lowest BCUT2D eigenvalue weighted by Crippen LogP contribution is -2.20. The molecule has 0 radical (unpaired) electrons. The highest BCUT2D eigenvalue weighted by molar-refractivity contribution is 5.69. The molecule has 0 saturated heterocycles. The van der Waals surface area contributed by atoms with Crippen molar-refractivity contribution in [3.05, 3.63) is 0 Å². The first kappa shape index (κ1) is 22.5. The van der Waals surface area contributed by atoms with Crippen molar-refractivity contribution in [1.29, 1.82) is 0 Å². The molecule has 0 spiro atoms. The largest absolute Gasteiger partial charge is 0.465 e. The van der Waals surface area contributed by atoms with Crippen molar-refractivity contribution in [2.45, 2.75) is 111 Å². The van der Waals surface area contributed by atoms with Gasteiger partial charge in [-0.1, -0.05) is 91.9 Å². The van der Waals surface area contributed by atoms with Gasteiger partial charge in [-0.25, -0.2) is 0 Å². The SMILES string of the molecule is CCCCCCCCCCC(=O)OCC(CCC)C(C)CCC. The van der Waals surface area contributed by atoms with Gasteiger partial charge in [0.25, 0.3) is 0 Å². The summed E-state index contributed by atoms with van der Waals surface area (Å²) in [5.41, 5.74) is 0. The topological polar surface area (TPSA) is 26.3 Å². The van der Waals surface area contributed by atoms with Gasteiger partial charge < -0.3 is 4.74 Å². The Balaban J connectivity index is 3.67. The van der Waals surface area contributed by atoms with E-state index in [1.807, 2.05) is 0 Å². The predicted molar refractivity (Wildman–Crippen MR) is 101 cm³/mol. The zero-order chi connectivity index (χ0) is 17.3. The van der Waals surface area contributed by atoms with Crippen LogP contribution < -0.4 is 0 Å². The molecule has 2 atom stereocenters. The highest BCUT2D eigenvalue weighted by atomic mass is 16.5. The van der Waals surface area contributed by atoms with E-state index in [-0.39, 0.29) is 5.97 Å². The molecule has 0 aromatic heterocycles. The number of esters is 1. The molecular weight excluding hydrogens is 284 g/mol. The first-order valence-electron chi connectivity index (χ1n) is 10.3. The fourth-order valence-corrected chi connectivity index (χ4v) is 3.27. The van der Waals surface area contributed by atoms with Crippen LogP contribution in [-0.4, -0.2) is 12.6 Å². The number of unbranched alkanes of at least 4 members (excludes halogenated alkanes) is 7. The van der Waals surface area contributed by atoms with Gasteiger partial charge in [0, 0.05) is 6.42 Å². The first-order valence-corrected chi connectivity index (χ1v) is 10.3. The van der Waals surface area contributed by atoms with Crippen LogP contribution in [-0.2, 0) is 9.53 Å². The lowest BCUT2D eigenvalue weighted by Gasteiger charge is -2.23. The summed E-state index contributed by atoms with van der Waals surface area (Å²) in [4.78, 5) is 11.9. The molecule has 2 heteroatoms. The van der Waals surface area contributed by atoms with Crippen molar-refractivity contribution in [3.8, 4) is 0 Å². The van der Waals surface area contributed by atoms with Crippen LogP contribution in [0.1, 0.15) is 111 Å². The summed E-state index contributed by atoms with van der Waals surface area (Å²) < 4.78 is 5.54. The lowest BCUT2D eigenvalue weighted by atomic mass is 9.87. The summed E-state index contributed by atoms with van der Waals surface area (Å²) in [6.45, 7) is 9.63. The van der Waals surface area contributed by atoms with Crippen molar-refractivity contribution in [3.63, 3.8) is 0 Å². The molecule has 0 aromatic carbocycles.